The van der Waals surface area contributed by atoms with E-state index in [0.717, 1.165) is 11.6 Å². The molecule has 0 fully saturated rings. The van der Waals surface area contributed by atoms with Crippen molar-refractivity contribution in [2.75, 3.05) is 6.61 Å². The molecule has 2 aromatic rings. The van der Waals surface area contributed by atoms with Gasteiger partial charge in [0.2, 0.25) is 0 Å². The number of carbonyl (C=O) groups excluding carboxylic acids is 1. The van der Waals surface area contributed by atoms with Crippen molar-refractivity contribution < 1.29 is 19.0 Å². The standard InChI is InChI=1S/C15H12FNO3/c16-10-5-3-6-12(18)14(10)15(19)17-11-8-20-13-7-2-1-4-9(11)13/h1-7,11,18H,8H2,(H,17,19). The lowest BCUT2D eigenvalue weighted by molar-refractivity contribution is 0.0923. The van der Waals surface area contributed by atoms with Gasteiger partial charge in [-0.15, -0.1) is 0 Å². The molecule has 1 aliphatic heterocycles. The molecule has 0 bridgehead atoms. The largest absolute Gasteiger partial charge is 0.507 e. The molecule has 3 rings (SSSR count). The first kappa shape index (κ1) is 12.5. The maximum Gasteiger partial charge on any atom is 0.258 e. The SMILES string of the molecule is O=C(NC1COc2ccccc21)c1c(O)cccc1F. The molecule has 1 unspecified atom stereocenters. The number of ether oxygens (including phenoxy) is 1. The molecule has 0 saturated heterocycles. The second-order valence-corrected chi connectivity index (χ2v) is 4.51. The zero-order chi connectivity index (χ0) is 14.1. The topological polar surface area (TPSA) is 58.6 Å². The Balaban J connectivity index is 1.85. The Kier molecular flexibility index (Phi) is 3.02. The van der Waals surface area contributed by atoms with Gasteiger partial charge in [0.1, 0.15) is 29.5 Å². The first-order chi connectivity index (χ1) is 9.66. The van der Waals surface area contributed by atoms with Crippen molar-refractivity contribution in [3.8, 4) is 11.5 Å². The molecule has 102 valence electrons. The Morgan fingerprint density at radius 2 is 2.05 bits per heavy atom. The number of rotatable bonds is 2. The van der Waals surface area contributed by atoms with Crippen molar-refractivity contribution in [1.82, 2.24) is 5.32 Å². The van der Waals surface area contributed by atoms with E-state index in [9.17, 15) is 14.3 Å². The van der Waals surface area contributed by atoms with Crippen LogP contribution in [0.4, 0.5) is 4.39 Å². The van der Waals surface area contributed by atoms with Gasteiger partial charge in [0.25, 0.3) is 5.91 Å². The predicted octanol–water partition coefficient (Wildman–Crippen LogP) is 2.39. The molecular weight excluding hydrogens is 261 g/mol. The van der Waals surface area contributed by atoms with Gasteiger partial charge in [0.05, 0.1) is 6.04 Å². The summed E-state index contributed by atoms with van der Waals surface area (Å²) in [5.41, 5.74) is 0.494. The van der Waals surface area contributed by atoms with E-state index in [4.69, 9.17) is 4.74 Å². The summed E-state index contributed by atoms with van der Waals surface area (Å²) in [6.07, 6.45) is 0. The lowest BCUT2D eigenvalue weighted by atomic mass is 10.1. The number of fused-ring (bicyclic) bond motifs is 1. The van der Waals surface area contributed by atoms with Gasteiger partial charge in [-0.25, -0.2) is 4.39 Å². The number of aromatic hydroxyl groups is 1. The maximum atomic E-state index is 13.6. The number of para-hydroxylation sites is 1. The van der Waals surface area contributed by atoms with Gasteiger partial charge in [0.15, 0.2) is 0 Å². The number of halogens is 1. The highest BCUT2D eigenvalue weighted by Gasteiger charge is 2.27. The number of amides is 1. The molecule has 1 aliphatic rings. The van der Waals surface area contributed by atoms with E-state index in [1.807, 2.05) is 24.3 Å². The van der Waals surface area contributed by atoms with E-state index in [-0.39, 0.29) is 17.4 Å². The summed E-state index contributed by atoms with van der Waals surface area (Å²) in [6, 6.07) is 10.7. The van der Waals surface area contributed by atoms with Gasteiger partial charge in [-0.2, -0.15) is 0 Å². The highest BCUT2D eigenvalue weighted by atomic mass is 19.1. The van der Waals surface area contributed by atoms with Crippen LogP contribution in [0.15, 0.2) is 42.5 Å². The summed E-state index contributed by atoms with van der Waals surface area (Å²) in [6.45, 7) is 0.292. The van der Waals surface area contributed by atoms with Crippen molar-refractivity contribution in [3.05, 3.63) is 59.4 Å². The molecule has 0 saturated carbocycles. The maximum absolute atomic E-state index is 13.6. The van der Waals surface area contributed by atoms with Crippen molar-refractivity contribution >= 4 is 5.91 Å². The van der Waals surface area contributed by atoms with Crippen LogP contribution in [-0.4, -0.2) is 17.6 Å². The highest BCUT2D eigenvalue weighted by molar-refractivity contribution is 5.97. The van der Waals surface area contributed by atoms with Gasteiger partial charge >= 0.3 is 0 Å². The van der Waals surface area contributed by atoms with Crippen molar-refractivity contribution in [2.45, 2.75) is 6.04 Å². The Morgan fingerprint density at radius 3 is 2.85 bits per heavy atom. The lowest BCUT2D eigenvalue weighted by Gasteiger charge is -2.13. The van der Waals surface area contributed by atoms with E-state index in [1.54, 1.807) is 0 Å². The third kappa shape index (κ3) is 2.07. The second kappa shape index (κ2) is 4.85. The molecule has 1 atom stereocenters. The molecule has 20 heavy (non-hydrogen) atoms. The number of benzene rings is 2. The van der Waals surface area contributed by atoms with Crippen molar-refractivity contribution in [1.29, 1.82) is 0 Å². The average Bonchev–Trinajstić information content (AvgIpc) is 2.82. The first-order valence-corrected chi connectivity index (χ1v) is 6.17. The highest BCUT2D eigenvalue weighted by Crippen LogP contribution is 2.32. The fraction of sp³-hybridized carbons (Fsp3) is 0.133. The van der Waals surface area contributed by atoms with Crippen molar-refractivity contribution in [3.63, 3.8) is 0 Å². The van der Waals surface area contributed by atoms with E-state index in [1.165, 1.54) is 12.1 Å². The molecule has 2 N–H and O–H groups in total. The van der Waals surface area contributed by atoms with E-state index < -0.39 is 11.7 Å². The second-order valence-electron chi connectivity index (χ2n) is 4.51. The lowest BCUT2D eigenvalue weighted by Crippen LogP contribution is -2.30. The van der Waals surface area contributed by atoms with Crippen LogP contribution < -0.4 is 10.1 Å². The minimum Gasteiger partial charge on any atom is -0.507 e. The minimum absolute atomic E-state index is 0.292. The molecular formula is C15H12FNO3. The van der Waals surface area contributed by atoms with Crippen LogP contribution in [0.1, 0.15) is 22.0 Å². The molecule has 0 spiro atoms. The van der Waals surface area contributed by atoms with Crippen LogP contribution in [-0.2, 0) is 0 Å². The number of carbonyl (C=O) groups is 1. The molecule has 1 amide bonds. The predicted molar refractivity (Wildman–Crippen MR) is 70.2 cm³/mol. The third-order valence-corrected chi connectivity index (χ3v) is 3.22. The third-order valence-electron chi connectivity index (χ3n) is 3.22. The smallest absolute Gasteiger partial charge is 0.258 e. The van der Waals surface area contributed by atoms with Gasteiger partial charge in [0, 0.05) is 5.56 Å². The Labute approximate surface area is 114 Å². The fourth-order valence-electron chi connectivity index (χ4n) is 2.25. The monoisotopic (exact) mass is 273 g/mol. The summed E-state index contributed by atoms with van der Waals surface area (Å²) in [5, 5.41) is 12.3. The van der Waals surface area contributed by atoms with Crippen LogP contribution >= 0.6 is 0 Å². The van der Waals surface area contributed by atoms with E-state index >= 15 is 0 Å². The molecule has 1 heterocycles. The average molecular weight is 273 g/mol. The van der Waals surface area contributed by atoms with E-state index in [0.29, 0.717) is 12.4 Å². The summed E-state index contributed by atoms with van der Waals surface area (Å²) in [7, 11) is 0. The minimum atomic E-state index is -0.755. The Bertz CT molecular complexity index is 652. The summed E-state index contributed by atoms with van der Waals surface area (Å²) in [5.74, 6) is -1.09. The first-order valence-electron chi connectivity index (χ1n) is 6.17. The molecule has 0 radical (unpaired) electrons. The molecule has 0 aromatic heterocycles. The molecule has 2 aromatic carbocycles. The summed E-state index contributed by atoms with van der Waals surface area (Å²) in [4.78, 5) is 12.1. The van der Waals surface area contributed by atoms with Crippen LogP contribution in [0.3, 0.4) is 0 Å². The van der Waals surface area contributed by atoms with Crippen LogP contribution in [0.25, 0.3) is 0 Å². The van der Waals surface area contributed by atoms with Crippen molar-refractivity contribution in [2.24, 2.45) is 0 Å². The van der Waals surface area contributed by atoms with Gasteiger partial charge < -0.3 is 15.2 Å². The number of phenolic OH excluding ortho intramolecular Hbond substituents is 1. The van der Waals surface area contributed by atoms with Crippen LogP contribution in [0.5, 0.6) is 11.5 Å². The summed E-state index contributed by atoms with van der Waals surface area (Å²) < 4.78 is 19.1. The molecule has 5 heteroatoms. The van der Waals surface area contributed by atoms with Gasteiger partial charge in [-0.1, -0.05) is 24.3 Å². The zero-order valence-electron chi connectivity index (χ0n) is 10.5. The molecule has 4 nitrogen and oxygen atoms in total. The Hall–Kier alpha value is -2.56. The molecule has 0 aliphatic carbocycles. The fourth-order valence-corrected chi connectivity index (χ4v) is 2.25. The normalized spacial score (nSPS) is 16.4. The number of nitrogens with one attached hydrogen (secondary N) is 1. The number of phenols is 1. The number of hydrogen-bond donors (Lipinski definition) is 2. The zero-order valence-corrected chi connectivity index (χ0v) is 10.5. The number of hydrogen-bond acceptors (Lipinski definition) is 3. The van der Waals surface area contributed by atoms with Crippen LogP contribution in [0, 0.1) is 5.82 Å². The summed E-state index contributed by atoms with van der Waals surface area (Å²) >= 11 is 0. The quantitative estimate of drug-likeness (QED) is 0.883. The Morgan fingerprint density at radius 1 is 1.25 bits per heavy atom. The van der Waals surface area contributed by atoms with Gasteiger partial charge in [-0.3, -0.25) is 4.79 Å². The van der Waals surface area contributed by atoms with Gasteiger partial charge in [-0.05, 0) is 18.2 Å². The van der Waals surface area contributed by atoms with E-state index in [2.05, 4.69) is 5.32 Å². The van der Waals surface area contributed by atoms with Crippen LogP contribution in [0.2, 0.25) is 0 Å².